The first-order valence-electron chi connectivity index (χ1n) is 8.12. The van der Waals surface area contributed by atoms with Gasteiger partial charge in [0.1, 0.15) is 5.65 Å². The summed E-state index contributed by atoms with van der Waals surface area (Å²) in [4.78, 5) is 19.9. The summed E-state index contributed by atoms with van der Waals surface area (Å²) < 4.78 is 1.70. The second kappa shape index (κ2) is 4.60. The third-order valence-corrected chi connectivity index (χ3v) is 4.83. The topological polar surface area (TPSA) is 63.6 Å². The summed E-state index contributed by atoms with van der Waals surface area (Å²) in [5.41, 5.74) is 9.77. The molecule has 0 radical (unpaired) electrons. The summed E-state index contributed by atoms with van der Waals surface area (Å²) in [7, 11) is 4.02. The number of rotatable bonds is 1. The number of nitrogens with zero attached hydrogens (tertiary/aromatic N) is 3. The van der Waals surface area contributed by atoms with Crippen LogP contribution in [0.4, 0.5) is 11.4 Å². The molecule has 0 saturated carbocycles. The lowest BCUT2D eigenvalue weighted by atomic mass is 10.0. The Bertz CT molecular complexity index is 1350. The Hall–Kier alpha value is -3.34. The van der Waals surface area contributed by atoms with Crippen LogP contribution in [0.3, 0.4) is 0 Å². The average Bonchev–Trinajstić information content (AvgIpc) is 2.97. The summed E-state index contributed by atoms with van der Waals surface area (Å²) >= 11 is 0. The molecule has 0 aliphatic rings. The molecular formula is C20H16N4O. The zero-order valence-corrected chi connectivity index (χ0v) is 13.9. The lowest BCUT2D eigenvalue weighted by Crippen LogP contribution is -2.14. The number of pyridine rings is 1. The van der Waals surface area contributed by atoms with Crippen molar-refractivity contribution in [1.82, 2.24) is 9.38 Å². The molecule has 5 rings (SSSR count). The molecule has 122 valence electrons. The maximum absolute atomic E-state index is 13.2. The van der Waals surface area contributed by atoms with E-state index in [1.165, 1.54) is 0 Å². The summed E-state index contributed by atoms with van der Waals surface area (Å²) in [6.45, 7) is 0. The molecular weight excluding hydrogens is 312 g/mol. The molecule has 2 heterocycles. The van der Waals surface area contributed by atoms with E-state index in [-0.39, 0.29) is 5.56 Å². The van der Waals surface area contributed by atoms with Gasteiger partial charge in [0.2, 0.25) is 0 Å². The largest absolute Gasteiger partial charge is 0.399 e. The van der Waals surface area contributed by atoms with Crippen molar-refractivity contribution in [2.45, 2.75) is 0 Å². The van der Waals surface area contributed by atoms with Gasteiger partial charge in [-0.2, -0.15) is 0 Å². The van der Waals surface area contributed by atoms with E-state index in [0.29, 0.717) is 16.7 Å². The molecule has 0 atom stereocenters. The van der Waals surface area contributed by atoms with Crippen molar-refractivity contribution in [2.24, 2.45) is 0 Å². The Labute approximate surface area is 143 Å². The Balaban J connectivity index is 2.14. The molecule has 25 heavy (non-hydrogen) atoms. The predicted octanol–water partition coefficient (Wildman–Crippen LogP) is 3.24. The third-order valence-electron chi connectivity index (χ3n) is 4.83. The first-order valence-corrected chi connectivity index (χ1v) is 8.12. The number of nitrogen functional groups attached to an aromatic ring is 1. The monoisotopic (exact) mass is 328 g/mol. The number of nitrogens with two attached hydrogens (primary N) is 1. The van der Waals surface area contributed by atoms with Gasteiger partial charge in [-0.25, -0.2) is 4.98 Å². The quantitative estimate of drug-likeness (QED) is 0.480. The van der Waals surface area contributed by atoms with Gasteiger partial charge in [-0.3, -0.25) is 9.20 Å². The van der Waals surface area contributed by atoms with Crippen LogP contribution < -0.4 is 16.2 Å². The van der Waals surface area contributed by atoms with Crippen LogP contribution in [0.5, 0.6) is 0 Å². The standard InChI is InChI=1S/C20H16N4O/c1-23(2)13-8-11-4-3-5-14-18(11)15(10-13)19-22-16-9-12(21)6-7-17(16)24(19)20(14)25/h3-10H,21H2,1-2H3. The van der Waals surface area contributed by atoms with Crippen LogP contribution in [0.25, 0.3) is 38.2 Å². The number of hydrogen-bond donors (Lipinski definition) is 1. The minimum absolute atomic E-state index is 0.0435. The Kier molecular flexibility index (Phi) is 2.58. The second-order valence-electron chi connectivity index (χ2n) is 6.62. The lowest BCUT2D eigenvalue weighted by molar-refractivity contribution is 1.13. The zero-order chi connectivity index (χ0) is 17.3. The van der Waals surface area contributed by atoms with E-state index in [1.54, 1.807) is 10.5 Å². The van der Waals surface area contributed by atoms with Crippen LogP contribution in [-0.2, 0) is 0 Å². The van der Waals surface area contributed by atoms with E-state index in [2.05, 4.69) is 17.0 Å². The minimum Gasteiger partial charge on any atom is -0.399 e. The van der Waals surface area contributed by atoms with Gasteiger partial charge in [0.25, 0.3) is 5.56 Å². The molecule has 0 amide bonds. The molecule has 5 nitrogen and oxygen atoms in total. The molecule has 2 N–H and O–H groups in total. The fourth-order valence-electron chi connectivity index (χ4n) is 3.63. The van der Waals surface area contributed by atoms with Crippen LogP contribution in [0, 0.1) is 0 Å². The highest BCUT2D eigenvalue weighted by molar-refractivity contribution is 6.16. The Morgan fingerprint density at radius 3 is 2.68 bits per heavy atom. The maximum Gasteiger partial charge on any atom is 0.264 e. The molecule has 0 aliphatic carbocycles. The molecule has 0 spiro atoms. The highest BCUT2D eigenvalue weighted by Gasteiger charge is 2.17. The van der Waals surface area contributed by atoms with Crippen molar-refractivity contribution in [2.75, 3.05) is 24.7 Å². The summed E-state index contributed by atoms with van der Waals surface area (Å²) in [6.07, 6.45) is 0. The van der Waals surface area contributed by atoms with Gasteiger partial charge >= 0.3 is 0 Å². The molecule has 0 fully saturated rings. The van der Waals surface area contributed by atoms with Crippen molar-refractivity contribution in [3.05, 3.63) is 58.9 Å². The second-order valence-corrected chi connectivity index (χ2v) is 6.62. The highest BCUT2D eigenvalue weighted by atomic mass is 16.1. The lowest BCUT2D eigenvalue weighted by Gasteiger charge is -2.15. The molecule has 2 aromatic heterocycles. The number of fused-ring (bicyclic) bond motifs is 4. The number of hydrogen-bond acceptors (Lipinski definition) is 4. The molecule has 5 heteroatoms. The molecule has 0 saturated heterocycles. The van der Waals surface area contributed by atoms with Crippen LogP contribution in [0.2, 0.25) is 0 Å². The van der Waals surface area contributed by atoms with E-state index >= 15 is 0 Å². The normalized spacial score (nSPS) is 11.9. The molecule has 0 unspecified atom stereocenters. The van der Waals surface area contributed by atoms with Crippen LogP contribution >= 0.6 is 0 Å². The summed E-state index contributed by atoms with van der Waals surface area (Å²) in [6, 6.07) is 15.5. The van der Waals surface area contributed by atoms with Crippen molar-refractivity contribution >= 4 is 49.6 Å². The number of anilines is 2. The van der Waals surface area contributed by atoms with E-state index in [0.717, 1.165) is 32.9 Å². The fourth-order valence-corrected chi connectivity index (χ4v) is 3.63. The van der Waals surface area contributed by atoms with Crippen LogP contribution in [0.1, 0.15) is 0 Å². The Morgan fingerprint density at radius 2 is 1.88 bits per heavy atom. The SMILES string of the molecule is CN(C)c1cc2cccc3c(=O)n4c5ccc(N)cc5nc4c(c1)c23. The smallest absolute Gasteiger partial charge is 0.264 e. The van der Waals surface area contributed by atoms with Gasteiger partial charge in [0.15, 0.2) is 0 Å². The van der Waals surface area contributed by atoms with E-state index in [4.69, 9.17) is 10.7 Å². The minimum atomic E-state index is -0.0435. The van der Waals surface area contributed by atoms with Crippen molar-refractivity contribution in [3.8, 4) is 0 Å². The first kappa shape index (κ1) is 14.0. The van der Waals surface area contributed by atoms with Gasteiger partial charge in [0, 0.05) is 41.6 Å². The van der Waals surface area contributed by atoms with Gasteiger partial charge < -0.3 is 10.6 Å². The number of benzene rings is 3. The fraction of sp³-hybridized carbons (Fsp3) is 0.100. The van der Waals surface area contributed by atoms with E-state index in [9.17, 15) is 4.79 Å². The highest BCUT2D eigenvalue weighted by Crippen LogP contribution is 2.33. The summed E-state index contributed by atoms with van der Waals surface area (Å²) in [5, 5.41) is 3.70. The number of imidazole rings is 1. The molecule has 0 aliphatic heterocycles. The van der Waals surface area contributed by atoms with Crippen molar-refractivity contribution in [3.63, 3.8) is 0 Å². The van der Waals surface area contributed by atoms with Crippen molar-refractivity contribution in [1.29, 1.82) is 0 Å². The van der Waals surface area contributed by atoms with Gasteiger partial charge in [0.05, 0.1) is 11.0 Å². The van der Waals surface area contributed by atoms with Crippen molar-refractivity contribution < 1.29 is 0 Å². The van der Waals surface area contributed by atoms with Gasteiger partial charge in [-0.05, 0) is 41.8 Å². The number of aromatic nitrogens is 2. The van der Waals surface area contributed by atoms with Crippen LogP contribution in [0.15, 0.2) is 53.3 Å². The zero-order valence-electron chi connectivity index (χ0n) is 13.9. The van der Waals surface area contributed by atoms with Gasteiger partial charge in [-0.1, -0.05) is 12.1 Å². The van der Waals surface area contributed by atoms with E-state index in [1.807, 2.05) is 44.4 Å². The van der Waals surface area contributed by atoms with Crippen LogP contribution in [-0.4, -0.2) is 23.5 Å². The summed E-state index contributed by atoms with van der Waals surface area (Å²) in [5.74, 6) is 0. The van der Waals surface area contributed by atoms with Gasteiger partial charge in [-0.15, -0.1) is 0 Å². The van der Waals surface area contributed by atoms with E-state index < -0.39 is 0 Å². The molecule has 0 bridgehead atoms. The third kappa shape index (κ3) is 1.78. The predicted molar refractivity (Wildman–Crippen MR) is 104 cm³/mol. The Morgan fingerprint density at radius 1 is 1.04 bits per heavy atom. The first-order chi connectivity index (χ1) is 12.0. The maximum atomic E-state index is 13.2. The average molecular weight is 328 g/mol. The molecule has 3 aromatic carbocycles. The molecule has 5 aromatic rings.